The van der Waals surface area contributed by atoms with Gasteiger partial charge in [-0.2, -0.15) is 0 Å². The van der Waals surface area contributed by atoms with E-state index in [-0.39, 0.29) is 17.0 Å². The van der Waals surface area contributed by atoms with Crippen LogP contribution in [0.2, 0.25) is 0 Å². The molecule has 1 saturated carbocycles. The summed E-state index contributed by atoms with van der Waals surface area (Å²) in [6.45, 7) is 4.42. The van der Waals surface area contributed by atoms with Crippen LogP contribution in [0.5, 0.6) is 0 Å². The minimum Gasteiger partial charge on any atom is -0.481 e. The zero-order chi connectivity index (χ0) is 21.6. The number of aliphatic carboxylic acids is 1. The molecule has 1 saturated heterocycles. The first-order valence-corrected chi connectivity index (χ1v) is 10.1. The second kappa shape index (κ2) is 7.71. The molecule has 2 N–H and O–H groups in total. The Morgan fingerprint density at radius 1 is 1.17 bits per heavy atom. The summed E-state index contributed by atoms with van der Waals surface area (Å²) in [5.74, 6) is -3.17. The van der Waals surface area contributed by atoms with Gasteiger partial charge in [-0.3, -0.25) is 14.5 Å². The lowest BCUT2D eigenvalue weighted by atomic mass is 10.1. The number of carboxylic acids is 2. The zero-order valence-electron chi connectivity index (χ0n) is 16.7. The van der Waals surface area contributed by atoms with E-state index in [4.69, 9.17) is 5.11 Å². The Bertz CT molecular complexity index is 1070. The molecular formula is C21H24FN3O5. The number of fused-ring (bicyclic) bond motifs is 1. The third kappa shape index (κ3) is 3.77. The monoisotopic (exact) mass is 417 g/mol. The SMILES string of the molecule is CC(CN1CCN(c2cc3c(cc2F)c(=O)c(C(=O)O)cn3C2CC2)CC1)C(=O)O. The van der Waals surface area contributed by atoms with Crippen molar-refractivity contribution in [3.05, 3.63) is 39.9 Å². The van der Waals surface area contributed by atoms with Gasteiger partial charge in [0, 0.05) is 50.3 Å². The van der Waals surface area contributed by atoms with Gasteiger partial charge in [-0.1, -0.05) is 6.92 Å². The molecule has 1 aliphatic carbocycles. The van der Waals surface area contributed by atoms with Crippen LogP contribution in [0.15, 0.2) is 23.1 Å². The van der Waals surface area contributed by atoms with Gasteiger partial charge in [0.05, 0.1) is 17.1 Å². The number of carbonyl (C=O) groups is 2. The van der Waals surface area contributed by atoms with Crippen molar-refractivity contribution in [2.45, 2.75) is 25.8 Å². The Morgan fingerprint density at radius 2 is 1.83 bits per heavy atom. The van der Waals surface area contributed by atoms with Crippen molar-refractivity contribution < 1.29 is 24.2 Å². The Kier molecular flexibility index (Phi) is 5.23. The largest absolute Gasteiger partial charge is 0.481 e. The third-order valence-electron chi connectivity index (χ3n) is 5.94. The minimum absolute atomic E-state index is 0.0805. The highest BCUT2D eigenvalue weighted by Gasteiger charge is 2.29. The molecular weight excluding hydrogens is 393 g/mol. The number of benzene rings is 1. The molecule has 30 heavy (non-hydrogen) atoms. The van der Waals surface area contributed by atoms with E-state index in [0.717, 1.165) is 18.9 Å². The van der Waals surface area contributed by atoms with E-state index in [1.54, 1.807) is 17.6 Å². The summed E-state index contributed by atoms with van der Waals surface area (Å²) >= 11 is 0. The molecule has 1 aliphatic heterocycles. The highest BCUT2D eigenvalue weighted by Crippen LogP contribution is 2.38. The van der Waals surface area contributed by atoms with Crippen LogP contribution in [-0.4, -0.2) is 64.3 Å². The molecule has 1 aromatic carbocycles. The summed E-state index contributed by atoms with van der Waals surface area (Å²) in [7, 11) is 0. The van der Waals surface area contributed by atoms with Crippen molar-refractivity contribution in [1.82, 2.24) is 9.47 Å². The van der Waals surface area contributed by atoms with Crippen LogP contribution < -0.4 is 10.3 Å². The van der Waals surface area contributed by atoms with Gasteiger partial charge >= 0.3 is 11.9 Å². The van der Waals surface area contributed by atoms with Gasteiger partial charge in [0.1, 0.15) is 11.4 Å². The molecule has 2 aromatic rings. The minimum atomic E-state index is -1.31. The second-order valence-electron chi connectivity index (χ2n) is 8.16. The predicted octanol–water partition coefficient (Wildman–Crippen LogP) is 2.02. The molecule has 0 bridgehead atoms. The lowest BCUT2D eigenvalue weighted by Gasteiger charge is -2.37. The molecule has 0 radical (unpaired) electrons. The summed E-state index contributed by atoms with van der Waals surface area (Å²) in [4.78, 5) is 39.0. The van der Waals surface area contributed by atoms with E-state index in [9.17, 15) is 23.9 Å². The molecule has 0 amide bonds. The first-order valence-electron chi connectivity index (χ1n) is 10.1. The Morgan fingerprint density at radius 3 is 2.40 bits per heavy atom. The number of hydrogen-bond donors (Lipinski definition) is 2. The van der Waals surface area contributed by atoms with Gasteiger partial charge in [0.25, 0.3) is 0 Å². The number of aromatic carboxylic acids is 1. The van der Waals surface area contributed by atoms with Gasteiger partial charge in [0.15, 0.2) is 0 Å². The number of aromatic nitrogens is 1. The van der Waals surface area contributed by atoms with E-state index in [0.29, 0.717) is 43.9 Å². The molecule has 1 aromatic heterocycles. The fraction of sp³-hybridized carbons (Fsp3) is 0.476. The average molecular weight is 417 g/mol. The lowest BCUT2D eigenvalue weighted by Crippen LogP contribution is -2.48. The van der Waals surface area contributed by atoms with Crippen LogP contribution in [0.1, 0.15) is 36.2 Å². The number of nitrogens with zero attached hydrogens (tertiary/aromatic N) is 3. The van der Waals surface area contributed by atoms with Gasteiger partial charge in [-0.25, -0.2) is 9.18 Å². The van der Waals surface area contributed by atoms with Crippen LogP contribution in [0.4, 0.5) is 10.1 Å². The molecule has 8 nitrogen and oxygen atoms in total. The van der Waals surface area contributed by atoms with E-state index in [1.165, 1.54) is 6.20 Å². The van der Waals surface area contributed by atoms with Gasteiger partial charge in [-0.15, -0.1) is 0 Å². The molecule has 160 valence electrons. The first-order chi connectivity index (χ1) is 14.3. The maximum absolute atomic E-state index is 14.9. The van der Waals surface area contributed by atoms with E-state index in [2.05, 4.69) is 0 Å². The number of hydrogen-bond acceptors (Lipinski definition) is 5. The molecule has 1 unspecified atom stereocenters. The lowest BCUT2D eigenvalue weighted by molar-refractivity contribution is -0.141. The number of halogens is 1. The Labute approximate surface area is 172 Å². The Hall–Kier alpha value is -2.94. The number of piperazine rings is 1. The van der Waals surface area contributed by atoms with Crippen molar-refractivity contribution in [2.24, 2.45) is 5.92 Å². The predicted molar refractivity (Wildman–Crippen MR) is 109 cm³/mol. The highest BCUT2D eigenvalue weighted by molar-refractivity contribution is 5.93. The Balaban J connectivity index is 1.65. The van der Waals surface area contributed by atoms with Crippen LogP contribution in [0, 0.1) is 11.7 Å². The van der Waals surface area contributed by atoms with E-state index >= 15 is 0 Å². The maximum atomic E-state index is 14.9. The van der Waals surface area contributed by atoms with Crippen LogP contribution in [0.3, 0.4) is 0 Å². The second-order valence-corrected chi connectivity index (χ2v) is 8.16. The molecule has 1 atom stereocenters. The van der Waals surface area contributed by atoms with E-state index in [1.807, 2.05) is 9.80 Å². The van der Waals surface area contributed by atoms with Crippen molar-refractivity contribution in [1.29, 1.82) is 0 Å². The van der Waals surface area contributed by atoms with E-state index < -0.39 is 29.1 Å². The zero-order valence-corrected chi connectivity index (χ0v) is 16.7. The molecule has 2 fully saturated rings. The molecule has 4 rings (SSSR count). The standard InChI is InChI=1S/C21H24FN3O5/c1-12(20(27)28)10-23-4-6-24(7-5-23)18-9-17-14(8-16(18)22)19(26)15(21(29)30)11-25(17)13-2-3-13/h8-9,11-13H,2-7,10H2,1H3,(H,27,28)(H,29,30). The van der Waals surface area contributed by atoms with Crippen molar-refractivity contribution in [2.75, 3.05) is 37.6 Å². The maximum Gasteiger partial charge on any atom is 0.341 e. The summed E-state index contributed by atoms with van der Waals surface area (Å²) in [6.07, 6.45) is 3.16. The molecule has 2 aliphatic rings. The summed E-state index contributed by atoms with van der Waals surface area (Å²) in [5, 5.41) is 18.5. The van der Waals surface area contributed by atoms with Gasteiger partial charge in [0.2, 0.25) is 5.43 Å². The fourth-order valence-corrected chi connectivity index (χ4v) is 4.04. The average Bonchev–Trinajstić information content (AvgIpc) is 3.54. The van der Waals surface area contributed by atoms with Gasteiger partial charge in [-0.05, 0) is 25.0 Å². The number of carboxylic acid groups (broad SMARTS) is 2. The number of anilines is 1. The molecule has 9 heteroatoms. The van der Waals surface area contributed by atoms with Crippen LogP contribution >= 0.6 is 0 Å². The number of rotatable bonds is 6. The van der Waals surface area contributed by atoms with Crippen molar-refractivity contribution in [3.8, 4) is 0 Å². The molecule has 0 spiro atoms. The molecule has 2 heterocycles. The van der Waals surface area contributed by atoms with Crippen molar-refractivity contribution in [3.63, 3.8) is 0 Å². The summed E-state index contributed by atoms with van der Waals surface area (Å²) in [6, 6.07) is 2.92. The number of pyridine rings is 1. The highest BCUT2D eigenvalue weighted by atomic mass is 19.1. The fourth-order valence-electron chi connectivity index (χ4n) is 4.04. The summed E-state index contributed by atoms with van der Waals surface area (Å²) < 4.78 is 16.7. The third-order valence-corrected chi connectivity index (χ3v) is 5.94. The van der Waals surface area contributed by atoms with Crippen LogP contribution in [-0.2, 0) is 4.79 Å². The van der Waals surface area contributed by atoms with Gasteiger partial charge < -0.3 is 19.7 Å². The first kappa shape index (κ1) is 20.3. The summed E-state index contributed by atoms with van der Waals surface area (Å²) in [5.41, 5.74) is -0.0915. The van der Waals surface area contributed by atoms with Crippen LogP contribution in [0.25, 0.3) is 10.9 Å². The smallest absolute Gasteiger partial charge is 0.341 e. The quantitative estimate of drug-likeness (QED) is 0.741. The normalized spacial score (nSPS) is 18.5. The topological polar surface area (TPSA) is 103 Å². The van der Waals surface area contributed by atoms with Crippen molar-refractivity contribution >= 4 is 28.5 Å².